The number of rotatable bonds is 25. The SMILES string of the molecule is CCCCCCCCCCCCCCCCOCC(COC)COP(OC)OC1CCC[N+](C)(C)CC1. The van der Waals surface area contributed by atoms with Crippen molar-refractivity contribution in [3.8, 4) is 0 Å². The Morgan fingerprint density at radius 3 is 1.89 bits per heavy atom. The Bertz CT molecular complexity index is 497. The van der Waals surface area contributed by atoms with Crippen LogP contribution in [0.4, 0.5) is 0 Å². The molecule has 0 bridgehead atoms. The normalized spacial score (nSPS) is 19.5. The highest BCUT2D eigenvalue weighted by Gasteiger charge is 2.27. The van der Waals surface area contributed by atoms with Gasteiger partial charge in [-0.05, 0) is 19.3 Å². The second-order valence-corrected chi connectivity index (χ2v) is 13.0. The average molecular weight is 549 g/mol. The first-order valence-corrected chi connectivity index (χ1v) is 16.6. The minimum absolute atomic E-state index is 0.199. The van der Waals surface area contributed by atoms with Crippen LogP contribution in [0.1, 0.15) is 116 Å². The van der Waals surface area contributed by atoms with Crippen molar-refractivity contribution in [2.45, 2.75) is 122 Å². The molecule has 1 fully saturated rings. The largest absolute Gasteiger partial charge is 0.384 e. The van der Waals surface area contributed by atoms with Crippen molar-refractivity contribution in [3.63, 3.8) is 0 Å². The fourth-order valence-corrected chi connectivity index (χ4v) is 6.08. The maximum atomic E-state index is 6.21. The highest BCUT2D eigenvalue weighted by Crippen LogP contribution is 2.42. The van der Waals surface area contributed by atoms with Crippen LogP contribution >= 0.6 is 8.60 Å². The summed E-state index contributed by atoms with van der Waals surface area (Å²) >= 11 is 0. The molecule has 3 atom stereocenters. The highest BCUT2D eigenvalue weighted by atomic mass is 31.2. The summed E-state index contributed by atoms with van der Waals surface area (Å²) in [6.07, 6.45) is 22.8. The Morgan fingerprint density at radius 1 is 0.730 bits per heavy atom. The molecule has 0 amide bonds. The molecule has 1 rings (SSSR count). The van der Waals surface area contributed by atoms with Crippen LogP contribution in [-0.4, -0.2) is 78.4 Å². The van der Waals surface area contributed by atoms with E-state index in [1.54, 1.807) is 14.2 Å². The van der Waals surface area contributed by atoms with E-state index in [1.165, 1.54) is 96.4 Å². The molecule has 1 heterocycles. The first kappa shape index (κ1) is 35.2. The highest BCUT2D eigenvalue weighted by molar-refractivity contribution is 7.41. The number of quaternary nitrogens is 1. The van der Waals surface area contributed by atoms with Crippen molar-refractivity contribution in [3.05, 3.63) is 0 Å². The van der Waals surface area contributed by atoms with E-state index in [0.29, 0.717) is 19.8 Å². The fourth-order valence-electron chi connectivity index (χ4n) is 5.04. The van der Waals surface area contributed by atoms with Crippen molar-refractivity contribution in [2.75, 3.05) is 67.8 Å². The fraction of sp³-hybridized carbons (Fsp3) is 1.00. The van der Waals surface area contributed by atoms with Gasteiger partial charge in [0.1, 0.15) is 0 Å². The number of nitrogens with zero attached hydrogens (tertiary/aromatic N) is 1. The van der Waals surface area contributed by atoms with Crippen LogP contribution in [0.5, 0.6) is 0 Å². The lowest BCUT2D eigenvalue weighted by atomic mass is 10.0. The van der Waals surface area contributed by atoms with E-state index in [9.17, 15) is 0 Å². The molecule has 1 aliphatic rings. The minimum Gasteiger partial charge on any atom is -0.384 e. The second kappa shape index (κ2) is 24.0. The van der Waals surface area contributed by atoms with E-state index in [1.807, 2.05) is 0 Å². The monoisotopic (exact) mass is 548 g/mol. The van der Waals surface area contributed by atoms with Crippen molar-refractivity contribution < 1.29 is 27.5 Å². The molecule has 1 aliphatic heterocycles. The van der Waals surface area contributed by atoms with Gasteiger partial charge >= 0.3 is 8.60 Å². The van der Waals surface area contributed by atoms with Crippen LogP contribution in [0.15, 0.2) is 0 Å². The molecule has 0 N–H and O–H groups in total. The number of likely N-dealkylation sites (tertiary alicyclic amines) is 1. The van der Waals surface area contributed by atoms with Gasteiger partial charge < -0.3 is 27.5 Å². The summed E-state index contributed by atoms with van der Waals surface area (Å²) in [5.41, 5.74) is 0. The Balaban J connectivity index is 2.02. The van der Waals surface area contributed by atoms with Crippen molar-refractivity contribution in [1.29, 1.82) is 0 Å². The minimum atomic E-state index is -1.32. The quantitative estimate of drug-likeness (QED) is 0.0652. The van der Waals surface area contributed by atoms with Crippen molar-refractivity contribution in [2.24, 2.45) is 5.92 Å². The number of hydrogen-bond acceptors (Lipinski definition) is 5. The average Bonchev–Trinajstić information content (AvgIpc) is 3.05. The van der Waals surface area contributed by atoms with E-state index in [4.69, 9.17) is 23.0 Å². The van der Waals surface area contributed by atoms with Crippen LogP contribution in [0.25, 0.3) is 0 Å². The zero-order chi connectivity index (χ0) is 27.0. The van der Waals surface area contributed by atoms with Crippen molar-refractivity contribution in [1.82, 2.24) is 0 Å². The first-order valence-electron chi connectivity index (χ1n) is 15.5. The first-order chi connectivity index (χ1) is 18.0. The zero-order valence-corrected chi connectivity index (χ0v) is 26.2. The lowest BCUT2D eigenvalue weighted by Gasteiger charge is -2.28. The second-order valence-electron chi connectivity index (χ2n) is 11.7. The summed E-state index contributed by atoms with van der Waals surface area (Å²) in [6.45, 7) is 7.28. The van der Waals surface area contributed by atoms with Crippen LogP contribution in [0.3, 0.4) is 0 Å². The van der Waals surface area contributed by atoms with E-state index in [2.05, 4.69) is 21.0 Å². The van der Waals surface area contributed by atoms with E-state index in [-0.39, 0.29) is 12.0 Å². The summed E-state index contributed by atoms with van der Waals surface area (Å²) in [7, 11) is 6.69. The van der Waals surface area contributed by atoms with Crippen LogP contribution in [0.2, 0.25) is 0 Å². The van der Waals surface area contributed by atoms with Gasteiger partial charge in [0.2, 0.25) is 0 Å². The third-order valence-electron chi connectivity index (χ3n) is 7.54. The molecule has 0 aromatic heterocycles. The molecule has 3 unspecified atom stereocenters. The molecule has 6 nitrogen and oxygen atoms in total. The molecule has 0 radical (unpaired) electrons. The standard InChI is InChI=1S/C30H63NO5P/c1-6-7-8-9-10-11-12-13-14-15-16-17-18-19-25-34-27-29(26-32-4)28-35-37(33-5)36-30-21-20-23-31(2,3)24-22-30/h29-30H,6-28H2,1-5H3/q+1. The molecule has 7 heteroatoms. The molecule has 37 heavy (non-hydrogen) atoms. The molecule has 0 spiro atoms. The lowest BCUT2D eigenvalue weighted by Crippen LogP contribution is -2.40. The van der Waals surface area contributed by atoms with Crippen LogP contribution in [0, 0.1) is 5.92 Å². The third kappa shape index (κ3) is 20.7. The summed E-state index contributed by atoms with van der Waals surface area (Å²) in [4.78, 5) is 0. The van der Waals surface area contributed by atoms with Gasteiger partial charge in [-0.1, -0.05) is 90.4 Å². The predicted molar refractivity (Wildman–Crippen MR) is 157 cm³/mol. The third-order valence-corrected chi connectivity index (χ3v) is 8.67. The summed E-state index contributed by atoms with van der Waals surface area (Å²) in [5.74, 6) is 0.199. The summed E-state index contributed by atoms with van der Waals surface area (Å²) in [5, 5.41) is 0. The molecule has 222 valence electrons. The summed E-state index contributed by atoms with van der Waals surface area (Å²) < 4.78 is 30.2. The van der Waals surface area contributed by atoms with Gasteiger partial charge in [-0.25, -0.2) is 0 Å². The van der Waals surface area contributed by atoms with E-state index < -0.39 is 8.60 Å². The van der Waals surface area contributed by atoms with E-state index in [0.717, 1.165) is 36.9 Å². The van der Waals surface area contributed by atoms with Gasteiger partial charge in [-0.15, -0.1) is 0 Å². The maximum Gasteiger partial charge on any atom is 0.332 e. The zero-order valence-electron chi connectivity index (χ0n) is 25.4. The lowest BCUT2D eigenvalue weighted by molar-refractivity contribution is -0.889. The van der Waals surface area contributed by atoms with Gasteiger partial charge in [0.15, 0.2) is 0 Å². The summed E-state index contributed by atoms with van der Waals surface area (Å²) in [6, 6.07) is 0. The molecular formula is C30H63NO5P+. The van der Waals surface area contributed by atoms with Crippen molar-refractivity contribution >= 4 is 8.60 Å². The Morgan fingerprint density at radius 2 is 1.32 bits per heavy atom. The van der Waals surface area contributed by atoms with Gasteiger partial charge in [0, 0.05) is 33.2 Å². The van der Waals surface area contributed by atoms with Gasteiger partial charge in [0.05, 0.1) is 53.1 Å². The van der Waals surface area contributed by atoms with Crippen LogP contribution in [-0.2, 0) is 23.0 Å². The Kier molecular flexibility index (Phi) is 22.9. The number of unbranched alkanes of at least 4 members (excludes halogenated alkanes) is 13. The maximum absolute atomic E-state index is 6.21. The molecular weight excluding hydrogens is 485 g/mol. The molecule has 1 saturated heterocycles. The number of ether oxygens (including phenoxy) is 2. The van der Waals surface area contributed by atoms with E-state index >= 15 is 0 Å². The number of hydrogen-bond donors (Lipinski definition) is 0. The van der Waals surface area contributed by atoms with Crippen LogP contribution < -0.4 is 0 Å². The molecule has 0 aliphatic carbocycles. The number of methoxy groups -OCH3 is 1. The Hall–Kier alpha value is 0.190. The molecule has 0 saturated carbocycles. The predicted octanol–water partition coefficient (Wildman–Crippen LogP) is 8.28. The molecule has 0 aromatic rings. The smallest absolute Gasteiger partial charge is 0.332 e. The topological polar surface area (TPSA) is 46.2 Å². The van der Waals surface area contributed by atoms with Gasteiger partial charge in [-0.2, -0.15) is 0 Å². The van der Waals surface area contributed by atoms with Gasteiger partial charge in [-0.3, -0.25) is 0 Å². The van der Waals surface area contributed by atoms with Gasteiger partial charge in [0.25, 0.3) is 0 Å². The molecule has 0 aromatic carbocycles. The Labute approximate surface area is 232 Å².